The van der Waals surface area contributed by atoms with E-state index in [0.29, 0.717) is 0 Å². The van der Waals surface area contributed by atoms with Gasteiger partial charge in [-0.05, 0) is 55.1 Å². The van der Waals surface area contributed by atoms with Gasteiger partial charge in [0.25, 0.3) is 0 Å². The third-order valence-corrected chi connectivity index (χ3v) is 3.55. The molecule has 0 amide bonds. The van der Waals surface area contributed by atoms with Gasteiger partial charge in [-0.3, -0.25) is 0 Å². The Balaban J connectivity index is 2.03. The van der Waals surface area contributed by atoms with Crippen LogP contribution in [0.15, 0.2) is 24.3 Å². The number of halogens is 1. The van der Waals surface area contributed by atoms with Gasteiger partial charge in [-0.1, -0.05) is 30.7 Å². The molecular formula is C13H20ClNS. The fraction of sp³-hybridized carbons (Fsp3) is 0.538. The predicted molar refractivity (Wildman–Crippen MR) is 75.6 cm³/mol. The molecule has 0 aliphatic carbocycles. The van der Waals surface area contributed by atoms with Crippen LogP contribution in [0.1, 0.15) is 18.9 Å². The van der Waals surface area contributed by atoms with Gasteiger partial charge >= 0.3 is 0 Å². The third-order valence-electron chi connectivity index (χ3n) is 2.33. The van der Waals surface area contributed by atoms with Crippen LogP contribution >= 0.6 is 23.4 Å². The molecule has 3 heteroatoms. The lowest BCUT2D eigenvalue weighted by Gasteiger charge is -2.04. The minimum absolute atomic E-state index is 0.830. The van der Waals surface area contributed by atoms with Crippen molar-refractivity contribution in [3.05, 3.63) is 34.9 Å². The topological polar surface area (TPSA) is 12.0 Å². The molecule has 0 radical (unpaired) electrons. The van der Waals surface area contributed by atoms with Crippen molar-refractivity contribution in [2.24, 2.45) is 0 Å². The van der Waals surface area contributed by atoms with Crippen LogP contribution in [0.5, 0.6) is 0 Å². The average Bonchev–Trinajstić information content (AvgIpc) is 2.28. The van der Waals surface area contributed by atoms with Gasteiger partial charge in [0, 0.05) is 5.02 Å². The quantitative estimate of drug-likeness (QED) is 0.714. The molecule has 0 heterocycles. The Morgan fingerprint density at radius 1 is 1.31 bits per heavy atom. The van der Waals surface area contributed by atoms with E-state index in [1.807, 2.05) is 30.0 Å². The molecule has 1 nitrogen and oxygen atoms in total. The number of nitrogens with one attached hydrogen (secondary N) is 1. The first-order valence-corrected chi connectivity index (χ1v) is 7.39. The van der Waals surface area contributed by atoms with Gasteiger partial charge < -0.3 is 5.32 Å². The van der Waals surface area contributed by atoms with Crippen molar-refractivity contribution in [3.8, 4) is 0 Å². The number of hydrogen-bond donors (Lipinski definition) is 1. The van der Waals surface area contributed by atoms with Crippen LogP contribution in [-0.2, 0) is 6.42 Å². The third kappa shape index (κ3) is 6.41. The summed E-state index contributed by atoms with van der Waals surface area (Å²) in [4.78, 5) is 0. The van der Waals surface area contributed by atoms with E-state index in [1.54, 1.807) is 0 Å². The minimum Gasteiger partial charge on any atom is -0.316 e. The van der Waals surface area contributed by atoms with Crippen molar-refractivity contribution >= 4 is 23.4 Å². The van der Waals surface area contributed by atoms with Gasteiger partial charge in [-0.15, -0.1) is 0 Å². The Bertz CT molecular complexity index is 291. The summed E-state index contributed by atoms with van der Waals surface area (Å²) in [5.74, 6) is 2.49. The maximum Gasteiger partial charge on any atom is 0.0408 e. The lowest BCUT2D eigenvalue weighted by Crippen LogP contribution is -2.19. The fourth-order valence-corrected chi connectivity index (χ4v) is 2.34. The zero-order valence-corrected chi connectivity index (χ0v) is 11.4. The molecule has 1 N–H and O–H groups in total. The highest BCUT2D eigenvalue weighted by molar-refractivity contribution is 7.99. The second-order valence-corrected chi connectivity index (χ2v) is 5.51. The second kappa shape index (κ2) is 8.91. The Labute approximate surface area is 108 Å². The second-order valence-electron chi connectivity index (χ2n) is 3.68. The molecule has 90 valence electrons. The number of thioether (sulfide) groups is 1. The van der Waals surface area contributed by atoms with E-state index in [0.717, 1.165) is 24.5 Å². The minimum atomic E-state index is 0.830. The first-order chi connectivity index (χ1) is 7.83. The number of benzene rings is 1. The van der Waals surface area contributed by atoms with Crippen LogP contribution in [0.2, 0.25) is 5.02 Å². The maximum atomic E-state index is 5.92. The molecular weight excluding hydrogens is 238 g/mol. The Morgan fingerprint density at radius 3 is 2.94 bits per heavy atom. The van der Waals surface area contributed by atoms with Crippen LogP contribution in [0.4, 0.5) is 0 Å². The molecule has 16 heavy (non-hydrogen) atoms. The first kappa shape index (κ1) is 13.9. The molecule has 0 aliphatic heterocycles. The SMILES string of the molecule is CCSCCCNCCc1cccc(Cl)c1. The molecule has 1 aromatic carbocycles. The molecule has 0 saturated heterocycles. The number of rotatable bonds is 8. The average molecular weight is 258 g/mol. The first-order valence-electron chi connectivity index (χ1n) is 5.86. The molecule has 1 rings (SSSR count). The molecule has 0 unspecified atom stereocenters. The summed E-state index contributed by atoms with van der Waals surface area (Å²) in [6, 6.07) is 8.09. The Kier molecular flexibility index (Phi) is 7.73. The van der Waals surface area contributed by atoms with Crippen molar-refractivity contribution in [2.75, 3.05) is 24.6 Å². The van der Waals surface area contributed by atoms with Gasteiger partial charge in [-0.25, -0.2) is 0 Å². The molecule has 0 fully saturated rings. The molecule has 0 atom stereocenters. The predicted octanol–water partition coefficient (Wildman–Crippen LogP) is 3.62. The lowest BCUT2D eigenvalue weighted by atomic mass is 10.1. The van der Waals surface area contributed by atoms with Crippen LogP contribution in [0.25, 0.3) is 0 Å². The molecule has 0 aliphatic rings. The van der Waals surface area contributed by atoms with Gasteiger partial charge in [0.1, 0.15) is 0 Å². The standard InChI is InChI=1S/C13H20ClNS/c1-2-16-10-4-8-15-9-7-12-5-3-6-13(14)11-12/h3,5-6,11,15H,2,4,7-10H2,1H3. The summed E-state index contributed by atoms with van der Waals surface area (Å²) >= 11 is 7.93. The van der Waals surface area contributed by atoms with Gasteiger partial charge in [0.05, 0.1) is 0 Å². The highest BCUT2D eigenvalue weighted by Gasteiger charge is 1.94. The van der Waals surface area contributed by atoms with Crippen LogP contribution in [0.3, 0.4) is 0 Å². The van der Waals surface area contributed by atoms with Crippen molar-refractivity contribution < 1.29 is 0 Å². The highest BCUT2D eigenvalue weighted by atomic mass is 35.5. The normalized spacial score (nSPS) is 10.6. The fourth-order valence-electron chi connectivity index (χ4n) is 1.49. The zero-order chi connectivity index (χ0) is 11.6. The maximum absolute atomic E-state index is 5.92. The molecule has 0 spiro atoms. The summed E-state index contributed by atoms with van der Waals surface area (Å²) in [6.45, 7) is 4.36. The summed E-state index contributed by atoms with van der Waals surface area (Å²) in [7, 11) is 0. The Hall–Kier alpha value is -0.180. The van der Waals surface area contributed by atoms with E-state index < -0.39 is 0 Å². The van der Waals surface area contributed by atoms with E-state index in [2.05, 4.69) is 18.3 Å². The van der Waals surface area contributed by atoms with E-state index in [-0.39, 0.29) is 0 Å². The lowest BCUT2D eigenvalue weighted by molar-refractivity contribution is 0.674. The summed E-state index contributed by atoms with van der Waals surface area (Å²) in [5, 5.41) is 4.29. The number of hydrogen-bond acceptors (Lipinski definition) is 2. The van der Waals surface area contributed by atoms with E-state index in [4.69, 9.17) is 11.6 Å². The largest absolute Gasteiger partial charge is 0.316 e. The van der Waals surface area contributed by atoms with E-state index >= 15 is 0 Å². The van der Waals surface area contributed by atoms with Gasteiger partial charge in [0.2, 0.25) is 0 Å². The summed E-state index contributed by atoms with van der Waals surface area (Å²) in [5.41, 5.74) is 1.31. The summed E-state index contributed by atoms with van der Waals surface area (Å²) < 4.78 is 0. The Morgan fingerprint density at radius 2 is 2.19 bits per heavy atom. The molecule has 0 aromatic heterocycles. The smallest absolute Gasteiger partial charge is 0.0408 e. The van der Waals surface area contributed by atoms with E-state index in [1.165, 1.54) is 23.5 Å². The van der Waals surface area contributed by atoms with Gasteiger partial charge in [0.15, 0.2) is 0 Å². The van der Waals surface area contributed by atoms with Crippen molar-refractivity contribution in [3.63, 3.8) is 0 Å². The van der Waals surface area contributed by atoms with Crippen LogP contribution in [0, 0.1) is 0 Å². The van der Waals surface area contributed by atoms with Crippen molar-refractivity contribution in [1.29, 1.82) is 0 Å². The van der Waals surface area contributed by atoms with E-state index in [9.17, 15) is 0 Å². The molecule has 1 aromatic rings. The van der Waals surface area contributed by atoms with Crippen LogP contribution in [-0.4, -0.2) is 24.6 Å². The summed E-state index contributed by atoms with van der Waals surface area (Å²) in [6.07, 6.45) is 2.32. The van der Waals surface area contributed by atoms with Crippen molar-refractivity contribution in [1.82, 2.24) is 5.32 Å². The highest BCUT2D eigenvalue weighted by Crippen LogP contribution is 2.10. The van der Waals surface area contributed by atoms with Gasteiger partial charge in [-0.2, -0.15) is 11.8 Å². The monoisotopic (exact) mass is 257 g/mol. The van der Waals surface area contributed by atoms with Crippen LogP contribution < -0.4 is 5.32 Å². The molecule has 0 saturated carbocycles. The molecule has 0 bridgehead atoms. The van der Waals surface area contributed by atoms with Crippen molar-refractivity contribution in [2.45, 2.75) is 19.8 Å². The zero-order valence-electron chi connectivity index (χ0n) is 9.84.